The van der Waals surface area contributed by atoms with Crippen LogP contribution in [0.1, 0.15) is 6.92 Å². The van der Waals surface area contributed by atoms with Crippen molar-refractivity contribution in [2.24, 2.45) is 5.92 Å². The first-order valence-corrected chi connectivity index (χ1v) is 7.16. The highest BCUT2D eigenvalue weighted by molar-refractivity contribution is 6.30. The minimum absolute atomic E-state index is 0.213. The summed E-state index contributed by atoms with van der Waals surface area (Å²) in [7, 11) is 0. The molecule has 0 fully saturated rings. The molecule has 2 heterocycles. The molecule has 0 saturated heterocycles. The van der Waals surface area contributed by atoms with E-state index >= 15 is 0 Å². The third kappa shape index (κ3) is 2.85. The Hall–Kier alpha value is -2.08. The van der Waals surface area contributed by atoms with Crippen LogP contribution < -0.4 is 5.32 Å². The van der Waals surface area contributed by atoms with Crippen molar-refractivity contribution < 1.29 is 9.53 Å². The van der Waals surface area contributed by atoms with E-state index in [4.69, 9.17) is 16.3 Å². The molecule has 21 heavy (non-hydrogen) atoms. The summed E-state index contributed by atoms with van der Waals surface area (Å²) < 4.78 is 6.74. The number of nitrogens with zero attached hydrogens (tertiary/aromatic N) is 3. The molecule has 0 bridgehead atoms. The van der Waals surface area contributed by atoms with Gasteiger partial charge in [-0.25, -0.2) is 4.68 Å². The average molecular weight is 307 g/mol. The highest BCUT2D eigenvalue weighted by atomic mass is 35.5. The van der Waals surface area contributed by atoms with Crippen LogP contribution in [0.25, 0.3) is 11.4 Å². The molecular formula is C14H15ClN4O2. The number of rotatable bonds is 3. The number of esters is 1. The van der Waals surface area contributed by atoms with Crippen molar-refractivity contribution in [1.82, 2.24) is 14.8 Å². The van der Waals surface area contributed by atoms with Gasteiger partial charge in [0.1, 0.15) is 0 Å². The summed E-state index contributed by atoms with van der Waals surface area (Å²) in [4.78, 5) is 16.2. The predicted molar refractivity (Wildman–Crippen MR) is 79.1 cm³/mol. The molecule has 1 aliphatic rings. The molecule has 1 atom stereocenters. The van der Waals surface area contributed by atoms with Crippen molar-refractivity contribution >= 4 is 23.5 Å². The van der Waals surface area contributed by atoms with Gasteiger partial charge in [-0.15, -0.1) is 5.10 Å². The summed E-state index contributed by atoms with van der Waals surface area (Å²) in [5.41, 5.74) is 0.846. The molecule has 0 spiro atoms. The molecule has 1 aromatic carbocycles. The Morgan fingerprint density at radius 3 is 3.19 bits per heavy atom. The molecule has 1 N–H and O–H groups in total. The number of nitrogens with one attached hydrogen (secondary N) is 1. The topological polar surface area (TPSA) is 69.0 Å². The molecule has 7 heteroatoms. The van der Waals surface area contributed by atoms with E-state index < -0.39 is 0 Å². The summed E-state index contributed by atoms with van der Waals surface area (Å²) >= 11 is 5.98. The van der Waals surface area contributed by atoms with Crippen molar-refractivity contribution in [3.8, 4) is 11.4 Å². The number of hydrogen-bond donors (Lipinski definition) is 1. The lowest BCUT2D eigenvalue weighted by Gasteiger charge is -2.21. The molecule has 6 nitrogen and oxygen atoms in total. The Labute approximate surface area is 127 Å². The number of fused-ring (bicyclic) bond motifs is 1. The van der Waals surface area contributed by atoms with Crippen LogP contribution in [0.5, 0.6) is 0 Å². The Balaban J connectivity index is 1.83. The second kappa shape index (κ2) is 5.73. The van der Waals surface area contributed by atoms with Gasteiger partial charge in [0.25, 0.3) is 0 Å². The molecule has 3 rings (SSSR count). The van der Waals surface area contributed by atoms with Gasteiger partial charge in [0.05, 0.1) is 19.1 Å². The zero-order valence-electron chi connectivity index (χ0n) is 11.5. The van der Waals surface area contributed by atoms with Crippen LogP contribution in [0.4, 0.5) is 5.95 Å². The van der Waals surface area contributed by atoms with Crippen molar-refractivity contribution in [2.75, 3.05) is 18.5 Å². The smallest absolute Gasteiger partial charge is 0.312 e. The molecule has 1 aliphatic heterocycles. The van der Waals surface area contributed by atoms with Crippen LogP contribution in [-0.2, 0) is 16.1 Å². The highest BCUT2D eigenvalue weighted by Crippen LogP contribution is 2.24. The Morgan fingerprint density at radius 1 is 1.57 bits per heavy atom. The Bertz CT molecular complexity index is 671. The predicted octanol–water partition coefficient (Wildman–Crippen LogP) is 2.20. The standard InChI is InChI=1S/C14H15ClN4O2/c1-2-21-13(20)10-7-16-14-17-12(18-19(14)8-10)9-4-3-5-11(15)6-9/h3-6,10H,2,7-8H2,1H3,(H,16,17,18). The highest BCUT2D eigenvalue weighted by Gasteiger charge is 2.27. The van der Waals surface area contributed by atoms with Crippen LogP contribution in [0, 0.1) is 5.92 Å². The number of anilines is 1. The van der Waals surface area contributed by atoms with Crippen LogP contribution in [0.3, 0.4) is 0 Å². The van der Waals surface area contributed by atoms with Gasteiger partial charge >= 0.3 is 5.97 Å². The summed E-state index contributed by atoms with van der Waals surface area (Å²) in [5, 5.41) is 8.18. The van der Waals surface area contributed by atoms with Gasteiger partial charge in [0, 0.05) is 17.1 Å². The van der Waals surface area contributed by atoms with Crippen molar-refractivity contribution in [3.63, 3.8) is 0 Å². The first-order valence-electron chi connectivity index (χ1n) is 6.78. The number of hydrogen-bond acceptors (Lipinski definition) is 5. The first kappa shape index (κ1) is 13.9. The monoisotopic (exact) mass is 306 g/mol. The zero-order chi connectivity index (χ0) is 14.8. The minimum Gasteiger partial charge on any atom is -0.466 e. The van der Waals surface area contributed by atoms with Crippen LogP contribution in [0.15, 0.2) is 24.3 Å². The van der Waals surface area contributed by atoms with Crippen molar-refractivity contribution in [2.45, 2.75) is 13.5 Å². The van der Waals surface area contributed by atoms with Gasteiger partial charge in [-0.2, -0.15) is 4.98 Å². The molecule has 0 aliphatic carbocycles. The van der Waals surface area contributed by atoms with E-state index in [2.05, 4.69) is 15.4 Å². The maximum atomic E-state index is 11.8. The van der Waals surface area contributed by atoms with E-state index in [1.54, 1.807) is 17.7 Å². The molecule has 110 valence electrons. The van der Waals surface area contributed by atoms with E-state index in [0.29, 0.717) is 36.5 Å². The lowest BCUT2D eigenvalue weighted by molar-refractivity contribution is -0.148. The molecular weight excluding hydrogens is 292 g/mol. The third-order valence-corrected chi connectivity index (χ3v) is 3.51. The Kier molecular flexibility index (Phi) is 3.79. The quantitative estimate of drug-likeness (QED) is 0.880. The number of benzene rings is 1. The van der Waals surface area contributed by atoms with Gasteiger partial charge in [0.2, 0.25) is 5.95 Å². The van der Waals surface area contributed by atoms with E-state index in [1.807, 2.05) is 18.2 Å². The van der Waals surface area contributed by atoms with E-state index in [1.165, 1.54) is 0 Å². The van der Waals surface area contributed by atoms with Crippen molar-refractivity contribution in [3.05, 3.63) is 29.3 Å². The summed E-state index contributed by atoms with van der Waals surface area (Å²) in [6, 6.07) is 7.37. The second-order valence-electron chi connectivity index (χ2n) is 4.78. The molecule has 0 saturated carbocycles. The SMILES string of the molecule is CCOC(=O)C1CNc2nc(-c3cccc(Cl)c3)nn2C1. The van der Waals surface area contributed by atoms with E-state index in [-0.39, 0.29) is 11.9 Å². The lowest BCUT2D eigenvalue weighted by atomic mass is 10.1. The van der Waals surface area contributed by atoms with Gasteiger partial charge in [-0.05, 0) is 19.1 Å². The van der Waals surface area contributed by atoms with Gasteiger partial charge in [-0.3, -0.25) is 4.79 Å². The Morgan fingerprint density at radius 2 is 2.43 bits per heavy atom. The maximum absolute atomic E-state index is 11.8. The molecule has 1 aromatic heterocycles. The molecule has 0 amide bonds. The largest absolute Gasteiger partial charge is 0.466 e. The molecule has 1 unspecified atom stereocenters. The number of carbonyl (C=O) groups is 1. The fourth-order valence-electron chi connectivity index (χ4n) is 2.26. The summed E-state index contributed by atoms with van der Waals surface area (Å²) in [6.45, 7) is 3.15. The van der Waals surface area contributed by atoms with Crippen LogP contribution in [-0.4, -0.2) is 33.9 Å². The third-order valence-electron chi connectivity index (χ3n) is 3.27. The fourth-order valence-corrected chi connectivity index (χ4v) is 2.45. The summed E-state index contributed by atoms with van der Waals surface area (Å²) in [6.07, 6.45) is 0. The van der Waals surface area contributed by atoms with Crippen molar-refractivity contribution in [1.29, 1.82) is 0 Å². The summed E-state index contributed by atoms with van der Waals surface area (Å²) in [5.74, 6) is 0.789. The average Bonchev–Trinajstić information content (AvgIpc) is 2.90. The van der Waals surface area contributed by atoms with E-state index in [9.17, 15) is 4.79 Å². The second-order valence-corrected chi connectivity index (χ2v) is 5.22. The normalized spacial score (nSPS) is 17.0. The maximum Gasteiger partial charge on any atom is 0.312 e. The lowest BCUT2D eigenvalue weighted by Crippen LogP contribution is -2.34. The van der Waals surface area contributed by atoms with Gasteiger partial charge in [0.15, 0.2) is 5.82 Å². The number of aromatic nitrogens is 3. The van der Waals surface area contributed by atoms with Crippen LogP contribution in [0.2, 0.25) is 5.02 Å². The zero-order valence-corrected chi connectivity index (χ0v) is 12.3. The van der Waals surface area contributed by atoms with Crippen LogP contribution >= 0.6 is 11.6 Å². The fraction of sp³-hybridized carbons (Fsp3) is 0.357. The molecule has 0 radical (unpaired) electrons. The molecule has 2 aromatic rings. The number of halogens is 1. The number of ether oxygens (including phenoxy) is 1. The van der Waals surface area contributed by atoms with Gasteiger partial charge in [-0.1, -0.05) is 23.7 Å². The van der Waals surface area contributed by atoms with Gasteiger partial charge < -0.3 is 10.1 Å². The van der Waals surface area contributed by atoms with E-state index in [0.717, 1.165) is 5.56 Å². The minimum atomic E-state index is -0.244. The first-order chi connectivity index (χ1) is 10.2. The number of carbonyl (C=O) groups excluding carboxylic acids is 1.